The molecule has 0 N–H and O–H groups in total. The van der Waals surface area contributed by atoms with Crippen LogP contribution in [0, 0.1) is 13.0 Å². The van der Waals surface area contributed by atoms with Crippen LogP contribution in [0.4, 0.5) is 0 Å². The van der Waals surface area contributed by atoms with Gasteiger partial charge in [-0.2, -0.15) is 12.1 Å². The predicted molar refractivity (Wildman–Crippen MR) is 99.9 cm³/mol. The van der Waals surface area contributed by atoms with Gasteiger partial charge in [0, 0.05) is 25.8 Å². The van der Waals surface area contributed by atoms with Crippen molar-refractivity contribution < 1.29 is 25.8 Å². The number of fused-ring (bicyclic) bond motifs is 1. The molecule has 1 atom stereocenters. The van der Waals surface area contributed by atoms with Crippen molar-refractivity contribution >= 4 is 30.0 Å². The third kappa shape index (κ3) is 5.16. The van der Waals surface area contributed by atoms with Crippen LogP contribution in [0.2, 0.25) is 0 Å². The molecule has 23 heavy (non-hydrogen) atoms. The molecule has 0 aromatic heterocycles. The standard InChI is InChI=1S/C16H14P.C5H5.Hf/c1-12-6-2-5-9-16(12)17-15-10-13-7-3-4-8-14(13)11-15;1-2-4-5-3-1;/h2-11,17H,1H3;1-3H,4H2;/q2*-1;. The molecule has 3 aromatic carbocycles. The van der Waals surface area contributed by atoms with Crippen molar-refractivity contribution in [1.82, 2.24) is 0 Å². The van der Waals surface area contributed by atoms with E-state index in [2.05, 4.69) is 79.7 Å². The average Bonchev–Trinajstić information content (AvgIpc) is 3.21. The maximum atomic E-state index is 2.99. The van der Waals surface area contributed by atoms with E-state index in [9.17, 15) is 0 Å². The molecule has 0 nitrogen and oxygen atoms in total. The molecule has 0 saturated carbocycles. The number of allylic oxidation sites excluding steroid dienone is 4. The Morgan fingerprint density at radius 1 is 1.04 bits per heavy atom. The van der Waals surface area contributed by atoms with Gasteiger partial charge in [-0.15, -0.1) is 46.8 Å². The summed E-state index contributed by atoms with van der Waals surface area (Å²) in [4.78, 5) is 0. The molecule has 1 unspecified atom stereocenters. The van der Waals surface area contributed by atoms with Gasteiger partial charge in [0.15, 0.2) is 0 Å². The molecule has 0 saturated heterocycles. The molecule has 0 amide bonds. The van der Waals surface area contributed by atoms with Gasteiger partial charge in [0.2, 0.25) is 0 Å². The normalized spacial score (nSPS) is 12.4. The van der Waals surface area contributed by atoms with Crippen LogP contribution in [0.1, 0.15) is 12.0 Å². The summed E-state index contributed by atoms with van der Waals surface area (Å²) in [6.07, 6.45) is 10.0. The summed E-state index contributed by atoms with van der Waals surface area (Å²) in [5, 5.41) is 5.58. The van der Waals surface area contributed by atoms with Crippen LogP contribution in [-0.4, -0.2) is 0 Å². The van der Waals surface area contributed by atoms with Crippen molar-refractivity contribution in [1.29, 1.82) is 0 Å². The largest absolute Gasteiger partial charge is 0.273 e. The van der Waals surface area contributed by atoms with Crippen LogP contribution >= 0.6 is 8.58 Å². The van der Waals surface area contributed by atoms with Crippen LogP contribution in [0.3, 0.4) is 0 Å². The van der Waals surface area contributed by atoms with E-state index in [0.717, 1.165) is 15.0 Å². The zero-order chi connectivity index (χ0) is 15.2. The van der Waals surface area contributed by atoms with Gasteiger partial charge in [0.05, 0.1) is 0 Å². The van der Waals surface area contributed by atoms with E-state index in [1.807, 2.05) is 12.2 Å². The fourth-order valence-electron chi connectivity index (χ4n) is 2.43. The van der Waals surface area contributed by atoms with Crippen molar-refractivity contribution in [2.75, 3.05) is 0 Å². The van der Waals surface area contributed by atoms with Crippen molar-refractivity contribution in [3.63, 3.8) is 0 Å². The summed E-state index contributed by atoms with van der Waals surface area (Å²) < 4.78 is 0. The van der Waals surface area contributed by atoms with Crippen molar-refractivity contribution in [2.45, 2.75) is 13.3 Å². The molecule has 0 fully saturated rings. The molecule has 114 valence electrons. The third-order valence-corrected chi connectivity index (χ3v) is 5.04. The molecule has 1 aliphatic carbocycles. The van der Waals surface area contributed by atoms with Gasteiger partial charge >= 0.3 is 0 Å². The van der Waals surface area contributed by atoms with E-state index < -0.39 is 0 Å². The van der Waals surface area contributed by atoms with Crippen LogP contribution < -0.4 is 10.6 Å². The second-order valence-electron chi connectivity index (χ2n) is 5.32. The first-order valence-electron chi connectivity index (χ1n) is 7.53. The Morgan fingerprint density at radius 3 is 2.48 bits per heavy atom. The van der Waals surface area contributed by atoms with Gasteiger partial charge in [0.25, 0.3) is 0 Å². The maximum Gasteiger partial charge on any atom is 0 e. The van der Waals surface area contributed by atoms with E-state index >= 15 is 0 Å². The van der Waals surface area contributed by atoms with Gasteiger partial charge in [-0.3, -0.25) is 6.08 Å². The maximum absolute atomic E-state index is 2.99. The summed E-state index contributed by atoms with van der Waals surface area (Å²) >= 11 is 0. The van der Waals surface area contributed by atoms with E-state index in [4.69, 9.17) is 0 Å². The SMILES string of the molecule is Cc1ccccc1Pc1cc2ccccc2[cH-]1.[C-]1=CC=CC1.[Hf]. The average molecular weight is 481 g/mol. The molecule has 0 aliphatic heterocycles. The van der Waals surface area contributed by atoms with Gasteiger partial charge in [-0.05, 0) is 17.8 Å². The molecule has 2 heteroatoms. The second-order valence-corrected chi connectivity index (χ2v) is 6.68. The van der Waals surface area contributed by atoms with Crippen LogP contribution in [0.15, 0.2) is 78.9 Å². The number of hydrogen-bond acceptors (Lipinski definition) is 0. The van der Waals surface area contributed by atoms with Crippen molar-refractivity contribution in [3.8, 4) is 0 Å². The minimum absolute atomic E-state index is 0. The van der Waals surface area contributed by atoms with Gasteiger partial charge in [-0.25, -0.2) is 12.2 Å². The number of rotatable bonds is 2. The molecule has 0 bridgehead atoms. The molecular weight excluding hydrogens is 462 g/mol. The van der Waals surface area contributed by atoms with Gasteiger partial charge in [0.1, 0.15) is 0 Å². The third-order valence-electron chi connectivity index (χ3n) is 3.63. The summed E-state index contributed by atoms with van der Waals surface area (Å²) in [6.45, 7) is 2.19. The Hall–Kier alpha value is -1.17. The Morgan fingerprint density at radius 2 is 1.83 bits per heavy atom. The smallest absolute Gasteiger partial charge is 0 e. The Balaban J connectivity index is 0.000000276. The first kappa shape index (κ1) is 18.2. The van der Waals surface area contributed by atoms with Crippen LogP contribution in [0.25, 0.3) is 10.8 Å². The Bertz CT molecular complexity index is 768. The van der Waals surface area contributed by atoms with E-state index in [1.165, 1.54) is 26.9 Å². The Kier molecular flexibility index (Phi) is 7.27. The topological polar surface area (TPSA) is 0 Å². The molecule has 4 rings (SSSR count). The zero-order valence-corrected chi connectivity index (χ0v) is 17.8. The molecule has 0 radical (unpaired) electrons. The summed E-state index contributed by atoms with van der Waals surface area (Å²) in [5.74, 6) is 0. The molecule has 1 aliphatic rings. The van der Waals surface area contributed by atoms with Crippen LogP contribution in [-0.2, 0) is 25.8 Å². The first-order chi connectivity index (χ1) is 10.8. The molecule has 3 aromatic rings. The zero-order valence-electron chi connectivity index (χ0n) is 13.2. The summed E-state index contributed by atoms with van der Waals surface area (Å²) in [6, 6.07) is 21.8. The van der Waals surface area contributed by atoms with Crippen molar-refractivity contribution in [2.24, 2.45) is 0 Å². The minimum atomic E-state index is 0. The van der Waals surface area contributed by atoms with Crippen molar-refractivity contribution in [3.05, 3.63) is 90.5 Å². The monoisotopic (exact) mass is 482 g/mol. The minimum Gasteiger partial charge on any atom is -0.273 e. The predicted octanol–water partition coefficient (Wildman–Crippen LogP) is 4.80. The summed E-state index contributed by atoms with van der Waals surface area (Å²) in [7, 11) is 0.759. The van der Waals surface area contributed by atoms with Crippen LogP contribution in [0.5, 0.6) is 0 Å². The second kappa shape index (κ2) is 9.21. The first-order valence-corrected chi connectivity index (χ1v) is 8.53. The summed E-state index contributed by atoms with van der Waals surface area (Å²) in [5.41, 5.74) is 1.39. The van der Waals surface area contributed by atoms with E-state index in [-0.39, 0.29) is 25.8 Å². The van der Waals surface area contributed by atoms with Gasteiger partial charge in [-0.1, -0.05) is 38.9 Å². The van der Waals surface area contributed by atoms with E-state index in [1.54, 1.807) is 0 Å². The fraction of sp³-hybridized carbons (Fsp3) is 0.0952. The fourth-order valence-corrected chi connectivity index (χ4v) is 3.66. The number of aryl methyl sites for hydroxylation is 1. The number of hydrogen-bond donors (Lipinski definition) is 0. The molecule has 0 heterocycles. The van der Waals surface area contributed by atoms with Gasteiger partial charge < -0.3 is 0 Å². The number of benzene rings is 2. The quantitative estimate of drug-likeness (QED) is 0.281. The Labute approximate surface area is 159 Å². The molecular formula is C21H19HfP-2. The van der Waals surface area contributed by atoms with E-state index in [0.29, 0.717) is 0 Å². The molecule has 0 spiro atoms.